The van der Waals surface area contributed by atoms with Crippen LogP contribution < -0.4 is 20.4 Å². The number of guanidine groups is 1. The summed E-state index contributed by atoms with van der Waals surface area (Å²) in [5.74, 6) is 1.67. The molecule has 0 radical (unpaired) electrons. The highest BCUT2D eigenvalue weighted by molar-refractivity contribution is 7.13. The predicted molar refractivity (Wildman–Crippen MR) is 102 cm³/mol. The van der Waals surface area contributed by atoms with E-state index in [-0.39, 0.29) is 0 Å². The molecule has 0 aliphatic heterocycles. The SMILES string of the molecule is CN=C(NCc1cccc(N(C)C)n1)NCc1csc(N(C)C)n1. The minimum atomic E-state index is 0.612. The molecule has 0 unspecified atom stereocenters. The molecule has 0 saturated carbocycles. The summed E-state index contributed by atoms with van der Waals surface area (Å²) in [4.78, 5) is 17.4. The summed E-state index contributed by atoms with van der Waals surface area (Å²) in [6.07, 6.45) is 0. The highest BCUT2D eigenvalue weighted by atomic mass is 32.1. The monoisotopic (exact) mass is 347 g/mol. The molecule has 2 aromatic heterocycles. The van der Waals surface area contributed by atoms with Crippen LogP contribution in [0.4, 0.5) is 10.9 Å². The number of aromatic nitrogens is 2. The lowest BCUT2D eigenvalue weighted by molar-refractivity contribution is 0.784. The lowest BCUT2D eigenvalue weighted by Crippen LogP contribution is -2.36. The van der Waals surface area contributed by atoms with Gasteiger partial charge in [-0.1, -0.05) is 6.07 Å². The first-order valence-corrected chi connectivity index (χ1v) is 8.57. The molecule has 8 heteroatoms. The summed E-state index contributed by atoms with van der Waals surface area (Å²) < 4.78 is 0. The van der Waals surface area contributed by atoms with Gasteiger partial charge in [0.2, 0.25) is 0 Å². The normalized spacial score (nSPS) is 11.3. The fourth-order valence-electron chi connectivity index (χ4n) is 1.97. The van der Waals surface area contributed by atoms with E-state index >= 15 is 0 Å². The van der Waals surface area contributed by atoms with Gasteiger partial charge in [-0.3, -0.25) is 4.99 Å². The molecule has 0 aliphatic carbocycles. The predicted octanol–water partition coefficient (Wildman–Crippen LogP) is 1.54. The smallest absolute Gasteiger partial charge is 0.191 e. The largest absolute Gasteiger partial charge is 0.363 e. The van der Waals surface area contributed by atoms with Crippen molar-refractivity contribution in [2.75, 3.05) is 45.0 Å². The minimum Gasteiger partial charge on any atom is -0.363 e. The van der Waals surface area contributed by atoms with Gasteiger partial charge < -0.3 is 20.4 Å². The zero-order valence-electron chi connectivity index (χ0n) is 14.9. The molecular weight excluding hydrogens is 322 g/mol. The van der Waals surface area contributed by atoms with Crippen LogP contribution >= 0.6 is 11.3 Å². The highest BCUT2D eigenvalue weighted by Crippen LogP contribution is 2.17. The second kappa shape index (κ2) is 8.49. The van der Waals surface area contributed by atoms with Gasteiger partial charge in [0, 0.05) is 40.6 Å². The Morgan fingerprint density at radius 2 is 1.75 bits per heavy atom. The molecule has 2 N–H and O–H groups in total. The molecule has 0 fully saturated rings. The van der Waals surface area contributed by atoms with Gasteiger partial charge in [-0.2, -0.15) is 0 Å². The Bertz CT molecular complexity index is 679. The van der Waals surface area contributed by atoms with Crippen LogP contribution in [0.1, 0.15) is 11.4 Å². The van der Waals surface area contributed by atoms with Crippen molar-refractivity contribution >= 4 is 28.2 Å². The third kappa shape index (κ3) is 5.09. The van der Waals surface area contributed by atoms with Crippen LogP contribution in [0.3, 0.4) is 0 Å². The number of thiazole rings is 1. The Labute approximate surface area is 147 Å². The first kappa shape index (κ1) is 18.0. The summed E-state index contributed by atoms with van der Waals surface area (Å²) in [7, 11) is 9.70. The van der Waals surface area contributed by atoms with Crippen molar-refractivity contribution in [1.29, 1.82) is 0 Å². The van der Waals surface area contributed by atoms with E-state index in [9.17, 15) is 0 Å². The lowest BCUT2D eigenvalue weighted by Gasteiger charge is -2.14. The van der Waals surface area contributed by atoms with E-state index in [1.807, 2.05) is 56.2 Å². The topological polar surface area (TPSA) is 68.7 Å². The fraction of sp³-hybridized carbons (Fsp3) is 0.438. The van der Waals surface area contributed by atoms with Gasteiger partial charge in [-0.25, -0.2) is 9.97 Å². The van der Waals surface area contributed by atoms with E-state index in [4.69, 9.17) is 0 Å². The van der Waals surface area contributed by atoms with Crippen LogP contribution in [0.25, 0.3) is 0 Å². The minimum absolute atomic E-state index is 0.612. The molecule has 2 heterocycles. The van der Waals surface area contributed by atoms with E-state index < -0.39 is 0 Å². The number of pyridine rings is 1. The zero-order valence-corrected chi connectivity index (χ0v) is 15.7. The van der Waals surface area contributed by atoms with Crippen molar-refractivity contribution < 1.29 is 0 Å². The van der Waals surface area contributed by atoms with Crippen LogP contribution in [-0.2, 0) is 13.1 Å². The average molecular weight is 347 g/mol. The standard InChI is InChI=1S/C16H25N7S/c1-17-15(19-10-13-11-24-16(21-13)23(4)5)18-9-12-7-6-8-14(20-12)22(2)3/h6-8,11H,9-10H2,1-5H3,(H2,17,18,19). The molecular formula is C16H25N7S. The number of hydrogen-bond donors (Lipinski definition) is 2. The van der Waals surface area contributed by atoms with Crippen molar-refractivity contribution in [2.45, 2.75) is 13.1 Å². The zero-order chi connectivity index (χ0) is 17.5. The molecule has 130 valence electrons. The van der Waals surface area contributed by atoms with Crippen LogP contribution in [-0.4, -0.2) is 51.2 Å². The van der Waals surface area contributed by atoms with Crippen molar-refractivity contribution in [3.05, 3.63) is 35.0 Å². The highest BCUT2D eigenvalue weighted by Gasteiger charge is 2.05. The number of hydrogen-bond acceptors (Lipinski definition) is 6. The van der Waals surface area contributed by atoms with Crippen LogP contribution in [0, 0.1) is 0 Å². The first-order chi connectivity index (χ1) is 11.5. The lowest BCUT2D eigenvalue weighted by atomic mass is 10.3. The third-order valence-corrected chi connectivity index (χ3v) is 4.33. The molecule has 7 nitrogen and oxygen atoms in total. The number of anilines is 2. The Morgan fingerprint density at radius 1 is 1.04 bits per heavy atom. The summed E-state index contributed by atoms with van der Waals surface area (Å²) in [5.41, 5.74) is 1.96. The first-order valence-electron chi connectivity index (χ1n) is 7.69. The molecule has 0 amide bonds. The van der Waals surface area contributed by atoms with Crippen molar-refractivity contribution in [2.24, 2.45) is 4.99 Å². The van der Waals surface area contributed by atoms with E-state index in [1.165, 1.54) is 0 Å². The van der Waals surface area contributed by atoms with Gasteiger partial charge in [0.1, 0.15) is 5.82 Å². The second-order valence-corrected chi connectivity index (χ2v) is 6.51. The molecule has 0 atom stereocenters. The van der Waals surface area contributed by atoms with Crippen molar-refractivity contribution in [1.82, 2.24) is 20.6 Å². The van der Waals surface area contributed by atoms with Gasteiger partial charge in [-0.15, -0.1) is 11.3 Å². The van der Waals surface area contributed by atoms with Crippen LogP contribution in [0.2, 0.25) is 0 Å². The maximum atomic E-state index is 4.58. The Hall–Kier alpha value is -2.35. The number of nitrogens with one attached hydrogen (secondary N) is 2. The van der Waals surface area contributed by atoms with Crippen molar-refractivity contribution in [3.63, 3.8) is 0 Å². The van der Waals surface area contributed by atoms with Gasteiger partial charge >= 0.3 is 0 Å². The maximum Gasteiger partial charge on any atom is 0.191 e. The van der Waals surface area contributed by atoms with E-state index in [2.05, 4.69) is 31.0 Å². The maximum absolute atomic E-state index is 4.58. The molecule has 2 aromatic rings. The summed E-state index contributed by atoms with van der Waals surface area (Å²) in [6, 6.07) is 5.99. The van der Waals surface area contributed by atoms with Crippen LogP contribution in [0.15, 0.2) is 28.6 Å². The fourth-order valence-corrected chi connectivity index (χ4v) is 2.72. The van der Waals surface area contributed by atoms with E-state index in [1.54, 1.807) is 18.4 Å². The average Bonchev–Trinajstić information content (AvgIpc) is 3.04. The van der Waals surface area contributed by atoms with Gasteiger partial charge in [0.15, 0.2) is 11.1 Å². The van der Waals surface area contributed by atoms with Gasteiger partial charge in [-0.05, 0) is 12.1 Å². The quantitative estimate of drug-likeness (QED) is 0.610. The molecule has 0 spiro atoms. The van der Waals surface area contributed by atoms with Crippen LogP contribution in [0.5, 0.6) is 0 Å². The molecule has 0 saturated heterocycles. The summed E-state index contributed by atoms with van der Waals surface area (Å²) in [5, 5.41) is 9.60. The number of nitrogens with zero attached hydrogens (tertiary/aromatic N) is 5. The Morgan fingerprint density at radius 3 is 2.33 bits per heavy atom. The third-order valence-electron chi connectivity index (χ3n) is 3.27. The summed E-state index contributed by atoms with van der Waals surface area (Å²) in [6.45, 7) is 1.25. The Balaban J connectivity index is 1.87. The molecule has 0 aliphatic rings. The van der Waals surface area contributed by atoms with Gasteiger partial charge in [0.05, 0.1) is 24.5 Å². The molecule has 0 bridgehead atoms. The Kier molecular flexibility index (Phi) is 6.36. The second-order valence-electron chi connectivity index (χ2n) is 5.68. The number of rotatable bonds is 6. The van der Waals surface area contributed by atoms with E-state index in [0.717, 1.165) is 28.3 Å². The molecule has 0 aromatic carbocycles. The molecule has 24 heavy (non-hydrogen) atoms. The van der Waals surface area contributed by atoms with E-state index in [0.29, 0.717) is 13.1 Å². The number of aliphatic imine (C=N–C) groups is 1. The summed E-state index contributed by atoms with van der Waals surface area (Å²) >= 11 is 1.63. The van der Waals surface area contributed by atoms with Gasteiger partial charge in [0.25, 0.3) is 0 Å². The molecule has 2 rings (SSSR count). The van der Waals surface area contributed by atoms with Crippen molar-refractivity contribution in [3.8, 4) is 0 Å².